The van der Waals surface area contributed by atoms with Crippen LogP contribution >= 0.6 is 15.9 Å². The Hall–Kier alpha value is -1.69. The summed E-state index contributed by atoms with van der Waals surface area (Å²) in [5, 5.41) is 3.02. The highest BCUT2D eigenvalue weighted by Crippen LogP contribution is 2.20. The van der Waals surface area contributed by atoms with Crippen LogP contribution in [0.25, 0.3) is 0 Å². The second-order valence-electron chi connectivity index (χ2n) is 5.41. The Morgan fingerprint density at radius 2 is 1.82 bits per heavy atom. The van der Waals surface area contributed by atoms with E-state index in [9.17, 15) is 4.79 Å². The second kappa shape index (κ2) is 7.05. The molecule has 1 heterocycles. The zero-order valence-corrected chi connectivity index (χ0v) is 13.6. The lowest BCUT2D eigenvalue weighted by Gasteiger charge is -2.12. The van der Waals surface area contributed by atoms with Crippen molar-refractivity contribution < 1.29 is 4.79 Å². The van der Waals surface area contributed by atoms with Crippen molar-refractivity contribution in [1.29, 1.82) is 0 Å². The number of hydrogen-bond acceptors (Lipinski definition) is 3. The van der Waals surface area contributed by atoms with Gasteiger partial charge in [0.15, 0.2) is 0 Å². The van der Waals surface area contributed by atoms with E-state index in [1.54, 1.807) is 0 Å². The molecule has 4 nitrogen and oxygen atoms in total. The summed E-state index contributed by atoms with van der Waals surface area (Å²) in [4.78, 5) is 12.1. The topological polar surface area (TPSA) is 53.2 Å². The van der Waals surface area contributed by atoms with Crippen LogP contribution in [0, 0.1) is 0 Å². The summed E-state index contributed by atoms with van der Waals surface area (Å²) in [5.74, 6) is 0.0235. The smallest absolute Gasteiger partial charge is 0.225 e. The molecule has 0 aromatic heterocycles. The number of amides is 1. The molecule has 0 bridgehead atoms. The molecule has 3 N–H and O–H groups in total. The van der Waals surface area contributed by atoms with Crippen molar-refractivity contribution in [3.05, 3.63) is 70.2 Å². The molecule has 0 radical (unpaired) electrons. The van der Waals surface area contributed by atoms with E-state index in [2.05, 4.69) is 44.2 Å². The van der Waals surface area contributed by atoms with Crippen molar-refractivity contribution in [1.82, 2.24) is 16.2 Å². The number of halogens is 1. The lowest BCUT2D eigenvalue weighted by Crippen LogP contribution is -2.44. The molecule has 1 amide bonds. The summed E-state index contributed by atoms with van der Waals surface area (Å²) in [6.45, 7) is 0. The number of nitrogens with one attached hydrogen (secondary N) is 3. The number of benzene rings is 2. The van der Waals surface area contributed by atoms with Gasteiger partial charge >= 0.3 is 0 Å². The summed E-state index contributed by atoms with van der Waals surface area (Å²) < 4.78 is 1.02. The van der Waals surface area contributed by atoms with Crippen molar-refractivity contribution in [2.45, 2.75) is 25.0 Å². The molecule has 2 aromatic carbocycles. The molecule has 2 atom stereocenters. The Kier molecular flexibility index (Phi) is 4.87. The van der Waals surface area contributed by atoms with E-state index in [-0.39, 0.29) is 18.1 Å². The standard InChI is InChI=1S/C17H18BrN3O/c18-14-8-6-12(7-9-14)10-17(22)19-16-11-15(20-21-16)13-4-2-1-3-5-13/h1-9,15-16,20-21H,10-11H2,(H,19,22). The van der Waals surface area contributed by atoms with Crippen LogP contribution in [-0.4, -0.2) is 12.1 Å². The van der Waals surface area contributed by atoms with Gasteiger partial charge in [0.05, 0.1) is 12.6 Å². The Morgan fingerprint density at radius 1 is 1.09 bits per heavy atom. The highest BCUT2D eigenvalue weighted by molar-refractivity contribution is 9.10. The summed E-state index contributed by atoms with van der Waals surface area (Å²) in [6.07, 6.45) is 1.17. The van der Waals surface area contributed by atoms with Gasteiger partial charge in [0.2, 0.25) is 5.91 Å². The van der Waals surface area contributed by atoms with Crippen LogP contribution < -0.4 is 16.2 Å². The fourth-order valence-electron chi connectivity index (χ4n) is 2.59. The van der Waals surface area contributed by atoms with Gasteiger partial charge in [-0.2, -0.15) is 0 Å². The van der Waals surface area contributed by atoms with Crippen molar-refractivity contribution in [2.24, 2.45) is 0 Å². The van der Waals surface area contributed by atoms with Crippen LogP contribution in [0.5, 0.6) is 0 Å². The van der Waals surface area contributed by atoms with Gasteiger partial charge in [0.25, 0.3) is 0 Å². The molecule has 1 aliphatic heterocycles. The molecule has 1 saturated heterocycles. The minimum absolute atomic E-state index is 0.0235. The van der Waals surface area contributed by atoms with Gasteiger partial charge in [-0.05, 0) is 23.3 Å². The normalized spacial score (nSPS) is 20.8. The van der Waals surface area contributed by atoms with Crippen molar-refractivity contribution in [2.75, 3.05) is 0 Å². The lowest BCUT2D eigenvalue weighted by molar-refractivity contribution is -0.121. The lowest BCUT2D eigenvalue weighted by atomic mass is 10.0. The highest BCUT2D eigenvalue weighted by Gasteiger charge is 2.25. The average molecular weight is 360 g/mol. The number of hydrogen-bond donors (Lipinski definition) is 3. The molecular weight excluding hydrogens is 342 g/mol. The number of carbonyl (C=O) groups is 1. The Labute approximate surface area is 138 Å². The van der Waals surface area contributed by atoms with E-state index in [0.717, 1.165) is 16.5 Å². The molecule has 5 heteroatoms. The monoisotopic (exact) mass is 359 g/mol. The van der Waals surface area contributed by atoms with E-state index in [1.807, 2.05) is 42.5 Å². The van der Waals surface area contributed by atoms with E-state index in [4.69, 9.17) is 0 Å². The SMILES string of the molecule is O=C(Cc1ccc(Br)cc1)NC1CC(c2ccccc2)NN1. The molecule has 3 rings (SSSR count). The van der Waals surface area contributed by atoms with Crippen LogP contribution in [0.15, 0.2) is 59.1 Å². The molecule has 0 saturated carbocycles. The summed E-state index contributed by atoms with van der Waals surface area (Å²) >= 11 is 3.39. The largest absolute Gasteiger partial charge is 0.339 e. The number of rotatable bonds is 4. The van der Waals surface area contributed by atoms with Crippen LogP contribution in [0.3, 0.4) is 0 Å². The van der Waals surface area contributed by atoms with Gasteiger partial charge in [-0.25, -0.2) is 10.9 Å². The van der Waals surface area contributed by atoms with Gasteiger partial charge in [0, 0.05) is 16.9 Å². The molecule has 2 unspecified atom stereocenters. The van der Waals surface area contributed by atoms with Crippen LogP contribution in [0.1, 0.15) is 23.6 Å². The maximum absolute atomic E-state index is 12.1. The zero-order chi connectivity index (χ0) is 15.4. The van der Waals surface area contributed by atoms with Crippen molar-refractivity contribution in [3.8, 4) is 0 Å². The fraction of sp³-hybridized carbons (Fsp3) is 0.235. The summed E-state index contributed by atoms with van der Waals surface area (Å²) in [7, 11) is 0. The molecule has 1 aliphatic rings. The number of carbonyl (C=O) groups excluding carboxylic acids is 1. The predicted octanol–water partition coefficient (Wildman–Crippen LogP) is 2.67. The molecule has 114 valence electrons. The maximum Gasteiger partial charge on any atom is 0.225 e. The first-order valence-corrected chi connectivity index (χ1v) is 8.10. The molecule has 0 spiro atoms. The maximum atomic E-state index is 12.1. The third-order valence-corrected chi connectivity index (χ3v) is 4.25. The van der Waals surface area contributed by atoms with Crippen molar-refractivity contribution in [3.63, 3.8) is 0 Å². The first kappa shape index (κ1) is 15.2. The zero-order valence-electron chi connectivity index (χ0n) is 12.1. The van der Waals surface area contributed by atoms with E-state index in [1.165, 1.54) is 5.56 Å². The average Bonchev–Trinajstić information content (AvgIpc) is 2.99. The molecule has 0 aliphatic carbocycles. The van der Waals surface area contributed by atoms with Gasteiger partial charge < -0.3 is 5.32 Å². The molecule has 22 heavy (non-hydrogen) atoms. The quantitative estimate of drug-likeness (QED) is 0.786. The van der Waals surface area contributed by atoms with Crippen molar-refractivity contribution >= 4 is 21.8 Å². The van der Waals surface area contributed by atoms with E-state index in [0.29, 0.717) is 6.42 Å². The summed E-state index contributed by atoms with van der Waals surface area (Å²) in [6, 6.07) is 18.3. The Bertz CT molecular complexity index is 630. The van der Waals surface area contributed by atoms with Gasteiger partial charge in [-0.1, -0.05) is 58.4 Å². The minimum atomic E-state index is -0.0480. The second-order valence-corrected chi connectivity index (χ2v) is 6.33. The van der Waals surface area contributed by atoms with Crippen LogP contribution in [0.2, 0.25) is 0 Å². The van der Waals surface area contributed by atoms with Gasteiger partial charge in [-0.15, -0.1) is 0 Å². The highest BCUT2D eigenvalue weighted by atomic mass is 79.9. The predicted molar refractivity (Wildman–Crippen MR) is 89.8 cm³/mol. The summed E-state index contributed by atoms with van der Waals surface area (Å²) in [5.41, 5.74) is 8.60. The first-order chi connectivity index (χ1) is 10.7. The van der Waals surface area contributed by atoms with Gasteiger partial charge in [0.1, 0.15) is 0 Å². The number of hydrazine groups is 1. The minimum Gasteiger partial charge on any atom is -0.339 e. The first-order valence-electron chi connectivity index (χ1n) is 7.30. The third-order valence-electron chi connectivity index (χ3n) is 3.72. The molecule has 2 aromatic rings. The van der Waals surface area contributed by atoms with Crippen LogP contribution in [0.4, 0.5) is 0 Å². The van der Waals surface area contributed by atoms with E-state index >= 15 is 0 Å². The van der Waals surface area contributed by atoms with Gasteiger partial charge in [-0.3, -0.25) is 4.79 Å². The fourth-order valence-corrected chi connectivity index (χ4v) is 2.85. The Balaban J connectivity index is 1.51. The molecule has 1 fully saturated rings. The van der Waals surface area contributed by atoms with E-state index < -0.39 is 0 Å². The van der Waals surface area contributed by atoms with Crippen LogP contribution in [-0.2, 0) is 11.2 Å². The third kappa shape index (κ3) is 3.94. The molecular formula is C17H18BrN3O. The Morgan fingerprint density at radius 3 is 2.55 bits per heavy atom.